The zero-order chi connectivity index (χ0) is 14.3. The summed E-state index contributed by atoms with van der Waals surface area (Å²) < 4.78 is 41.4. The first-order valence-electron chi connectivity index (χ1n) is 5.47. The van der Waals surface area contributed by atoms with Crippen LogP contribution in [-0.2, 0) is 10.0 Å². The van der Waals surface area contributed by atoms with Gasteiger partial charge in [-0.25, -0.2) is 9.37 Å². The van der Waals surface area contributed by atoms with E-state index in [-0.39, 0.29) is 16.5 Å². The van der Waals surface area contributed by atoms with E-state index in [1.165, 1.54) is 33.9 Å². The fourth-order valence-corrected chi connectivity index (χ4v) is 3.84. The third-order valence-corrected chi connectivity index (χ3v) is 4.75. The second kappa shape index (κ2) is 4.46. The van der Waals surface area contributed by atoms with E-state index in [0.717, 1.165) is 6.07 Å². The smallest absolute Gasteiger partial charge is 0.281 e. The molecule has 0 bridgehead atoms. The van der Waals surface area contributed by atoms with Crippen molar-refractivity contribution in [3.8, 4) is 0 Å². The maximum absolute atomic E-state index is 13.1. The Labute approximate surface area is 117 Å². The number of hydrogen-bond donors (Lipinski definition) is 2. The summed E-state index contributed by atoms with van der Waals surface area (Å²) in [5.74, 6) is -0.632. The quantitative estimate of drug-likeness (QED) is 0.773. The van der Waals surface area contributed by atoms with Gasteiger partial charge >= 0.3 is 0 Å². The van der Waals surface area contributed by atoms with Gasteiger partial charge in [0.1, 0.15) is 5.82 Å². The van der Waals surface area contributed by atoms with Gasteiger partial charge < -0.3 is 5.73 Å². The Hall–Kier alpha value is -2.13. The zero-order valence-corrected chi connectivity index (χ0v) is 11.6. The van der Waals surface area contributed by atoms with Gasteiger partial charge in [0.2, 0.25) is 5.03 Å². The maximum atomic E-state index is 13.1. The van der Waals surface area contributed by atoms with Crippen LogP contribution in [0.2, 0.25) is 0 Å². The topological polar surface area (TPSA) is 89.5 Å². The van der Waals surface area contributed by atoms with Crippen molar-refractivity contribution in [2.45, 2.75) is 5.03 Å². The highest BCUT2D eigenvalue weighted by atomic mass is 32.2. The summed E-state index contributed by atoms with van der Waals surface area (Å²) >= 11 is 1.27. The van der Waals surface area contributed by atoms with E-state index in [1.807, 2.05) is 0 Å². The first-order chi connectivity index (χ1) is 9.47. The van der Waals surface area contributed by atoms with Crippen molar-refractivity contribution in [1.29, 1.82) is 0 Å². The number of hydrogen-bond acceptors (Lipinski definition) is 5. The number of imidazole rings is 1. The van der Waals surface area contributed by atoms with Gasteiger partial charge in [-0.2, -0.15) is 8.42 Å². The zero-order valence-electron chi connectivity index (χ0n) is 9.95. The van der Waals surface area contributed by atoms with Crippen LogP contribution in [0.5, 0.6) is 0 Å². The normalized spacial score (nSPS) is 11.8. The molecule has 0 aliphatic rings. The molecule has 104 valence electrons. The average Bonchev–Trinajstić information content (AvgIpc) is 2.87. The molecule has 0 unspecified atom stereocenters. The summed E-state index contributed by atoms with van der Waals surface area (Å²) in [5, 5.41) is 1.54. The average molecular weight is 312 g/mol. The Morgan fingerprint density at radius 1 is 1.40 bits per heavy atom. The molecule has 0 amide bonds. The van der Waals surface area contributed by atoms with Gasteiger partial charge in [-0.15, -0.1) is 11.3 Å². The van der Waals surface area contributed by atoms with E-state index in [2.05, 4.69) is 9.71 Å². The fraction of sp³-hybridized carbons (Fsp3) is 0. The third-order valence-electron chi connectivity index (χ3n) is 2.57. The molecule has 0 aliphatic heterocycles. The lowest BCUT2D eigenvalue weighted by molar-refractivity contribution is 0.597. The lowest BCUT2D eigenvalue weighted by Gasteiger charge is -2.07. The van der Waals surface area contributed by atoms with Crippen LogP contribution in [0, 0.1) is 5.82 Å². The minimum Gasteiger partial charge on any atom is -0.381 e. The third kappa shape index (κ3) is 2.10. The number of nitrogen functional groups attached to an aromatic ring is 1. The van der Waals surface area contributed by atoms with E-state index in [0.29, 0.717) is 4.96 Å². The standard InChI is InChI=1S/C11H9FN4O2S2/c12-7-2-1-3-8(6-7)15-20(17,18)10-9(13)14-11-16(10)4-5-19-11/h1-6,15H,13H2. The summed E-state index contributed by atoms with van der Waals surface area (Å²) in [4.78, 5) is 4.44. The van der Waals surface area contributed by atoms with Gasteiger partial charge in [0.25, 0.3) is 10.0 Å². The second-order valence-electron chi connectivity index (χ2n) is 3.97. The molecule has 3 aromatic rings. The van der Waals surface area contributed by atoms with Crippen molar-refractivity contribution in [2.24, 2.45) is 0 Å². The summed E-state index contributed by atoms with van der Waals surface area (Å²) in [6.07, 6.45) is 1.56. The van der Waals surface area contributed by atoms with Gasteiger partial charge in [-0.1, -0.05) is 6.07 Å². The Bertz CT molecular complexity index is 885. The van der Waals surface area contributed by atoms with Gasteiger partial charge in [0.05, 0.1) is 5.69 Å². The molecule has 6 nitrogen and oxygen atoms in total. The monoisotopic (exact) mass is 312 g/mol. The Balaban J connectivity index is 2.08. The number of nitrogens with one attached hydrogen (secondary N) is 1. The van der Waals surface area contributed by atoms with Crippen LogP contribution in [0.1, 0.15) is 0 Å². The van der Waals surface area contributed by atoms with E-state index < -0.39 is 15.8 Å². The van der Waals surface area contributed by atoms with Crippen molar-refractivity contribution >= 4 is 37.8 Å². The van der Waals surface area contributed by atoms with Crippen molar-refractivity contribution in [2.75, 3.05) is 10.5 Å². The predicted octanol–water partition coefficient (Wildman–Crippen LogP) is 1.92. The van der Waals surface area contributed by atoms with E-state index in [4.69, 9.17) is 5.73 Å². The number of fused-ring (bicyclic) bond motifs is 1. The van der Waals surface area contributed by atoms with Gasteiger partial charge in [0.15, 0.2) is 10.8 Å². The Morgan fingerprint density at radius 2 is 2.20 bits per heavy atom. The minimum absolute atomic E-state index is 0.0965. The summed E-state index contributed by atoms with van der Waals surface area (Å²) in [6.45, 7) is 0. The molecule has 1 aromatic carbocycles. The summed E-state index contributed by atoms with van der Waals surface area (Å²) in [6, 6.07) is 5.16. The maximum Gasteiger partial charge on any atom is 0.281 e. The molecule has 2 heterocycles. The SMILES string of the molecule is Nc1nc2sccn2c1S(=O)(=O)Nc1cccc(F)c1. The molecule has 9 heteroatoms. The number of nitrogens with two attached hydrogens (primary N) is 1. The largest absolute Gasteiger partial charge is 0.381 e. The molecule has 0 saturated carbocycles. The van der Waals surface area contributed by atoms with Gasteiger partial charge in [0, 0.05) is 11.6 Å². The molecule has 0 fully saturated rings. The van der Waals surface area contributed by atoms with Crippen LogP contribution in [0.25, 0.3) is 4.96 Å². The number of halogens is 1. The molecule has 3 rings (SSSR count). The molecule has 0 radical (unpaired) electrons. The summed E-state index contributed by atoms with van der Waals surface area (Å²) in [5.41, 5.74) is 5.77. The molecule has 0 aliphatic carbocycles. The predicted molar refractivity (Wildman–Crippen MR) is 74.7 cm³/mol. The lowest BCUT2D eigenvalue weighted by atomic mass is 10.3. The van der Waals surface area contributed by atoms with Gasteiger partial charge in [-0.05, 0) is 18.2 Å². The number of nitrogens with zero attached hydrogens (tertiary/aromatic N) is 2. The highest BCUT2D eigenvalue weighted by Crippen LogP contribution is 2.25. The lowest BCUT2D eigenvalue weighted by Crippen LogP contribution is -2.16. The molecule has 0 spiro atoms. The number of anilines is 2. The highest BCUT2D eigenvalue weighted by Gasteiger charge is 2.24. The minimum atomic E-state index is -3.95. The van der Waals surface area contributed by atoms with Crippen molar-refractivity contribution in [3.05, 3.63) is 41.7 Å². The first kappa shape index (κ1) is 12.9. The fourth-order valence-electron chi connectivity index (χ4n) is 1.80. The van der Waals surface area contributed by atoms with Crippen molar-refractivity contribution < 1.29 is 12.8 Å². The number of rotatable bonds is 3. The van der Waals surface area contributed by atoms with Crippen molar-refractivity contribution in [3.63, 3.8) is 0 Å². The Morgan fingerprint density at radius 3 is 2.95 bits per heavy atom. The van der Waals surface area contributed by atoms with Crippen LogP contribution < -0.4 is 10.5 Å². The van der Waals surface area contributed by atoms with Crippen molar-refractivity contribution in [1.82, 2.24) is 9.38 Å². The molecule has 0 atom stereocenters. The van der Waals surface area contributed by atoms with Crippen LogP contribution in [0.15, 0.2) is 40.9 Å². The van der Waals surface area contributed by atoms with Crippen LogP contribution >= 0.6 is 11.3 Å². The summed E-state index contributed by atoms with van der Waals surface area (Å²) in [7, 11) is -3.95. The highest BCUT2D eigenvalue weighted by molar-refractivity contribution is 7.92. The van der Waals surface area contributed by atoms with Crippen LogP contribution in [0.3, 0.4) is 0 Å². The number of sulfonamides is 1. The molecular formula is C11H9FN4O2S2. The number of thiazole rings is 1. The molecule has 3 N–H and O–H groups in total. The van der Waals surface area contributed by atoms with E-state index in [1.54, 1.807) is 11.6 Å². The molecule has 2 aromatic heterocycles. The second-order valence-corrected chi connectivity index (χ2v) is 6.44. The Kier molecular flexibility index (Phi) is 2.87. The van der Waals surface area contributed by atoms with Gasteiger partial charge in [-0.3, -0.25) is 9.12 Å². The molecule has 20 heavy (non-hydrogen) atoms. The van der Waals surface area contributed by atoms with Crippen LogP contribution in [-0.4, -0.2) is 17.8 Å². The molecular weight excluding hydrogens is 303 g/mol. The number of benzene rings is 1. The van der Waals surface area contributed by atoms with Crippen LogP contribution in [0.4, 0.5) is 15.9 Å². The number of aromatic nitrogens is 2. The van der Waals surface area contributed by atoms with E-state index >= 15 is 0 Å². The molecule has 0 saturated heterocycles. The first-order valence-corrected chi connectivity index (χ1v) is 7.83. The van der Waals surface area contributed by atoms with E-state index in [9.17, 15) is 12.8 Å².